The maximum absolute atomic E-state index is 6.04. The van der Waals surface area contributed by atoms with E-state index < -0.39 is 8.32 Å². The minimum absolute atomic E-state index is 0.308. The summed E-state index contributed by atoms with van der Waals surface area (Å²) in [6, 6.07) is 0. The summed E-state index contributed by atoms with van der Waals surface area (Å²) < 4.78 is 11.2. The van der Waals surface area contributed by atoms with Gasteiger partial charge in [0.05, 0.1) is 19.3 Å². The highest BCUT2D eigenvalue weighted by molar-refractivity contribution is 6.74. The van der Waals surface area contributed by atoms with Crippen LogP contribution in [0.4, 0.5) is 0 Å². The summed E-state index contributed by atoms with van der Waals surface area (Å²) in [5.74, 6) is 0. The van der Waals surface area contributed by atoms with Crippen LogP contribution in [0.5, 0.6) is 0 Å². The van der Waals surface area contributed by atoms with Crippen LogP contribution >= 0.6 is 0 Å². The fraction of sp³-hybridized carbons (Fsp3) is 0.846. The molecule has 1 rings (SSSR count). The number of epoxide rings is 1. The first-order valence-electron chi connectivity index (χ1n) is 6.23. The van der Waals surface area contributed by atoms with Crippen LogP contribution in [-0.4, -0.2) is 27.6 Å². The van der Waals surface area contributed by atoms with Gasteiger partial charge in [0.2, 0.25) is 0 Å². The van der Waals surface area contributed by atoms with Crippen molar-refractivity contribution in [1.82, 2.24) is 0 Å². The third-order valence-electron chi connectivity index (χ3n) is 3.57. The molecule has 2 nitrogen and oxygen atoms in total. The first-order valence-corrected chi connectivity index (χ1v) is 9.14. The van der Waals surface area contributed by atoms with E-state index in [1.165, 1.54) is 0 Å². The van der Waals surface area contributed by atoms with Gasteiger partial charge in [-0.2, -0.15) is 0 Å². The number of rotatable bonds is 6. The van der Waals surface area contributed by atoms with Gasteiger partial charge in [-0.3, -0.25) is 0 Å². The maximum Gasteiger partial charge on any atom is 0.192 e. The average Bonchev–Trinajstić information content (AvgIpc) is 2.92. The van der Waals surface area contributed by atoms with E-state index in [0.29, 0.717) is 11.1 Å². The van der Waals surface area contributed by atoms with Crippen LogP contribution in [-0.2, 0) is 9.16 Å². The zero-order chi connectivity index (χ0) is 12.2. The Morgan fingerprint density at radius 3 is 2.44 bits per heavy atom. The van der Waals surface area contributed by atoms with Crippen LogP contribution < -0.4 is 0 Å². The fourth-order valence-electron chi connectivity index (χ4n) is 1.18. The Balaban J connectivity index is 2.13. The quantitative estimate of drug-likeness (QED) is 0.402. The minimum Gasteiger partial charge on any atom is -0.413 e. The molecule has 0 saturated carbocycles. The summed E-state index contributed by atoms with van der Waals surface area (Å²) in [7, 11) is -1.55. The van der Waals surface area contributed by atoms with Crippen molar-refractivity contribution >= 4 is 8.32 Å². The molecule has 0 bridgehead atoms. The molecule has 1 aliphatic rings. The molecule has 1 fully saturated rings. The summed E-state index contributed by atoms with van der Waals surface area (Å²) in [5.41, 5.74) is 0. The Morgan fingerprint density at radius 1 is 1.31 bits per heavy atom. The molecule has 94 valence electrons. The average molecular weight is 242 g/mol. The van der Waals surface area contributed by atoms with Gasteiger partial charge in [-0.1, -0.05) is 32.9 Å². The normalized spacial score (nSPS) is 21.7. The van der Waals surface area contributed by atoms with E-state index in [2.05, 4.69) is 46.0 Å². The molecule has 0 spiro atoms. The predicted molar refractivity (Wildman–Crippen MR) is 71.3 cm³/mol. The van der Waals surface area contributed by atoms with Crippen molar-refractivity contribution in [1.29, 1.82) is 0 Å². The second-order valence-corrected chi connectivity index (χ2v) is 10.9. The molecular formula is C13H26O2Si. The van der Waals surface area contributed by atoms with Crippen LogP contribution in [0.25, 0.3) is 0 Å². The van der Waals surface area contributed by atoms with E-state index in [0.717, 1.165) is 26.1 Å². The second-order valence-electron chi connectivity index (χ2n) is 6.08. The third kappa shape index (κ3) is 4.81. The van der Waals surface area contributed by atoms with Crippen molar-refractivity contribution in [2.45, 2.75) is 57.8 Å². The van der Waals surface area contributed by atoms with Crippen LogP contribution in [0.15, 0.2) is 12.2 Å². The SMILES string of the molecule is CC(C)(C)[Si](C)(C)OCC=CCCC1CO1. The molecule has 0 amide bonds. The minimum atomic E-state index is -1.55. The highest BCUT2D eigenvalue weighted by atomic mass is 28.4. The molecule has 1 unspecified atom stereocenters. The molecule has 0 aromatic carbocycles. The summed E-state index contributed by atoms with van der Waals surface area (Å²) in [5, 5.41) is 0.308. The zero-order valence-electron chi connectivity index (χ0n) is 11.4. The van der Waals surface area contributed by atoms with E-state index in [1.807, 2.05) is 0 Å². The highest BCUT2D eigenvalue weighted by Gasteiger charge is 2.36. The smallest absolute Gasteiger partial charge is 0.192 e. The van der Waals surface area contributed by atoms with Crippen LogP contribution in [0.3, 0.4) is 0 Å². The van der Waals surface area contributed by atoms with Gasteiger partial charge < -0.3 is 9.16 Å². The number of allylic oxidation sites excluding steroid dienone is 1. The molecule has 1 heterocycles. The van der Waals surface area contributed by atoms with Gasteiger partial charge in [0, 0.05) is 0 Å². The molecule has 0 aromatic rings. The number of ether oxygens (including phenoxy) is 1. The van der Waals surface area contributed by atoms with Gasteiger partial charge >= 0.3 is 0 Å². The maximum atomic E-state index is 6.04. The molecular weight excluding hydrogens is 216 g/mol. The lowest BCUT2D eigenvalue weighted by atomic mass is 10.2. The molecule has 0 aliphatic carbocycles. The van der Waals surface area contributed by atoms with Gasteiger partial charge in [-0.25, -0.2) is 0 Å². The zero-order valence-corrected chi connectivity index (χ0v) is 12.4. The second kappa shape index (κ2) is 5.47. The lowest BCUT2D eigenvalue weighted by Crippen LogP contribution is -2.40. The standard InChI is InChI=1S/C13H26O2Si/c1-13(2,3)16(4,5)15-10-8-6-7-9-12-11-14-12/h6,8,12H,7,9-11H2,1-5H3. The summed E-state index contributed by atoms with van der Waals surface area (Å²) in [6.45, 7) is 13.1. The Morgan fingerprint density at radius 2 is 1.94 bits per heavy atom. The van der Waals surface area contributed by atoms with E-state index in [1.54, 1.807) is 0 Å². The first kappa shape index (κ1) is 13.9. The molecule has 1 aliphatic heterocycles. The summed E-state index contributed by atoms with van der Waals surface area (Å²) in [4.78, 5) is 0. The molecule has 0 radical (unpaired) electrons. The van der Waals surface area contributed by atoms with Crippen molar-refractivity contribution in [3.8, 4) is 0 Å². The lowest BCUT2D eigenvalue weighted by Gasteiger charge is -2.35. The van der Waals surface area contributed by atoms with E-state index in [-0.39, 0.29) is 0 Å². The monoisotopic (exact) mass is 242 g/mol. The van der Waals surface area contributed by atoms with Crippen molar-refractivity contribution in [2.24, 2.45) is 0 Å². The van der Waals surface area contributed by atoms with Gasteiger partial charge in [-0.15, -0.1) is 0 Å². The molecule has 16 heavy (non-hydrogen) atoms. The Bertz CT molecular complexity index is 237. The van der Waals surface area contributed by atoms with Crippen LogP contribution in [0.1, 0.15) is 33.6 Å². The van der Waals surface area contributed by atoms with E-state index in [9.17, 15) is 0 Å². The van der Waals surface area contributed by atoms with Gasteiger partial charge in [-0.05, 0) is 31.0 Å². The van der Waals surface area contributed by atoms with Crippen LogP contribution in [0.2, 0.25) is 18.1 Å². The van der Waals surface area contributed by atoms with E-state index >= 15 is 0 Å². The Kier molecular flexibility index (Phi) is 4.77. The van der Waals surface area contributed by atoms with E-state index in [4.69, 9.17) is 9.16 Å². The molecule has 0 N–H and O–H groups in total. The van der Waals surface area contributed by atoms with Gasteiger partial charge in [0.25, 0.3) is 0 Å². The molecule has 0 aromatic heterocycles. The number of hydrogen-bond donors (Lipinski definition) is 0. The third-order valence-corrected chi connectivity index (χ3v) is 8.07. The van der Waals surface area contributed by atoms with Gasteiger partial charge in [0.1, 0.15) is 0 Å². The Labute approximate surface area is 101 Å². The first-order chi connectivity index (χ1) is 7.33. The van der Waals surface area contributed by atoms with Crippen molar-refractivity contribution in [2.75, 3.05) is 13.2 Å². The fourth-order valence-corrected chi connectivity index (χ4v) is 2.12. The summed E-state index contributed by atoms with van der Waals surface area (Å²) in [6.07, 6.45) is 7.20. The highest BCUT2D eigenvalue weighted by Crippen LogP contribution is 2.36. The largest absolute Gasteiger partial charge is 0.413 e. The van der Waals surface area contributed by atoms with Crippen molar-refractivity contribution in [3.05, 3.63) is 12.2 Å². The Hall–Kier alpha value is -0.123. The summed E-state index contributed by atoms with van der Waals surface area (Å²) >= 11 is 0. The van der Waals surface area contributed by atoms with Gasteiger partial charge in [0.15, 0.2) is 8.32 Å². The van der Waals surface area contributed by atoms with Crippen molar-refractivity contribution in [3.63, 3.8) is 0 Å². The lowest BCUT2D eigenvalue weighted by molar-refractivity contribution is 0.327. The van der Waals surface area contributed by atoms with Crippen molar-refractivity contribution < 1.29 is 9.16 Å². The molecule has 1 saturated heterocycles. The number of hydrogen-bond acceptors (Lipinski definition) is 2. The molecule has 1 atom stereocenters. The molecule has 3 heteroatoms. The van der Waals surface area contributed by atoms with Crippen LogP contribution in [0, 0.1) is 0 Å². The predicted octanol–water partition coefficient (Wildman–Crippen LogP) is 3.74. The topological polar surface area (TPSA) is 21.8 Å².